The normalized spacial score (nSPS) is 20.9. The Hall–Kier alpha value is -2.57. The quantitative estimate of drug-likeness (QED) is 0.515. The van der Waals surface area contributed by atoms with Gasteiger partial charge in [-0.25, -0.2) is 0 Å². The van der Waals surface area contributed by atoms with Gasteiger partial charge in [0, 0.05) is 35.6 Å². The first-order valence-corrected chi connectivity index (χ1v) is 13.5. The van der Waals surface area contributed by atoms with Crippen LogP contribution in [0.4, 0.5) is 0 Å². The van der Waals surface area contributed by atoms with Gasteiger partial charge in [-0.1, -0.05) is 68.2 Å². The van der Waals surface area contributed by atoms with E-state index >= 15 is 0 Å². The van der Waals surface area contributed by atoms with Crippen molar-refractivity contribution < 1.29 is 19.5 Å². The van der Waals surface area contributed by atoms with E-state index in [9.17, 15) is 19.5 Å². The van der Waals surface area contributed by atoms with Crippen molar-refractivity contribution in [3.63, 3.8) is 0 Å². The van der Waals surface area contributed by atoms with E-state index in [0.717, 1.165) is 16.7 Å². The number of benzene rings is 2. The zero-order valence-corrected chi connectivity index (χ0v) is 23.1. The molecule has 2 heterocycles. The van der Waals surface area contributed by atoms with Gasteiger partial charge in [0.15, 0.2) is 0 Å². The van der Waals surface area contributed by atoms with Crippen molar-refractivity contribution in [1.82, 2.24) is 9.80 Å². The van der Waals surface area contributed by atoms with E-state index in [1.807, 2.05) is 42.5 Å². The van der Waals surface area contributed by atoms with Crippen molar-refractivity contribution in [2.45, 2.75) is 51.9 Å². The number of halogens is 2. The lowest BCUT2D eigenvalue weighted by molar-refractivity contribution is -0.147. The summed E-state index contributed by atoms with van der Waals surface area (Å²) >= 11 is 13.1. The number of nitrogens with zero attached hydrogens (tertiary/aromatic N) is 2. The van der Waals surface area contributed by atoms with Crippen molar-refractivity contribution in [2.75, 3.05) is 26.2 Å². The van der Waals surface area contributed by atoms with E-state index in [1.54, 1.807) is 9.80 Å². The summed E-state index contributed by atoms with van der Waals surface area (Å²) in [5, 5.41) is 10.5. The Morgan fingerprint density at radius 1 is 1.00 bits per heavy atom. The third-order valence-corrected chi connectivity index (χ3v) is 8.01. The molecule has 198 valence electrons. The summed E-state index contributed by atoms with van der Waals surface area (Å²) in [4.78, 5) is 42.2. The van der Waals surface area contributed by atoms with E-state index in [0.29, 0.717) is 48.9 Å². The van der Waals surface area contributed by atoms with Crippen LogP contribution in [0.25, 0.3) is 0 Å². The number of rotatable bonds is 5. The maximum atomic E-state index is 14.1. The molecule has 1 N–H and O–H groups in total. The number of piperidine rings is 1. The van der Waals surface area contributed by atoms with Gasteiger partial charge in [0.2, 0.25) is 11.8 Å². The van der Waals surface area contributed by atoms with Gasteiger partial charge in [0.1, 0.15) is 0 Å². The van der Waals surface area contributed by atoms with E-state index in [2.05, 4.69) is 20.8 Å². The van der Waals surface area contributed by atoms with Crippen LogP contribution in [0.1, 0.15) is 68.6 Å². The number of carbonyl (C=O) groups is 3. The van der Waals surface area contributed by atoms with Gasteiger partial charge in [0.25, 0.3) is 0 Å². The summed E-state index contributed by atoms with van der Waals surface area (Å²) in [5.41, 5.74) is 2.64. The summed E-state index contributed by atoms with van der Waals surface area (Å²) in [6.07, 6.45) is 1.46. The number of aliphatic carboxylic acids is 1. The van der Waals surface area contributed by atoms with Crippen LogP contribution in [0.15, 0.2) is 42.5 Å². The molecule has 2 amide bonds. The molecule has 8 heteroatoms. The fraction of sp³-hybridized carbons (Fsp3) is 0.483. The van der Waals surface area contributed by atoms with Gasteiger partial charge in [-0.05, 0) is 59.6 Å². The Bertz CT molecular complexity index is 1180. The average molecular weight is 546 g/mol. The topological polar surface area (TPSA) is 77.9 Å². The Morgan fingerprint density at radius 2 is 1.68 bits per heavy atom. The summed E-state index contributed by atoms with van der Waals surface area (Å²) in [6.45, 7) is 7.32. The minimum atomic E-state index is -0.821. The minimum absolute atomic E-state index is 0.0557. The number of carbonyl (C=O) groups excluding carboxylic acids is 2. The third kappa shape index (κ3) is 6.29. The molecule has 0 radical (unpaired) electrons. The average Bonchev–Trinajstić information content (AvgIpc) is 2.94. The molecule has 0 aliphatic carbocycles. The number of likely N-dealkylation sites (tertiary alicyclic amines) is 1. The Balaban J connectivity index is 1.71. The van der Waals surface area contributed by atoms with Crippen LogP contribution in [-0.2, 0) is 14.4 Å². The molecule has 1 saturated heterocycles. The predicted octanol–water partition coefficient (Wildman–Crippen LogP) is 5.81. The summed E-state index contributed by atoms with van der Waals surface area (Å²) in [5.74, 6) is -2.16. The predicted molar refractivity (Wildman–Crippen MR) is 145 cm³/mol. The van der Waals surface area contributed by atoms with Crippen molar-refractivity contribution in [1.29, 1.82) is 0 Å². The van der Waals surface area contributed by atoms with E-state index < -0.39 is 17.8 Å². The van der Waals surface area contributed by atoms with Crippen LogP contribution in [0.3, 0.4) is 0 Å². The van der Waals surface area contributed by atoms with Gasteiger partial charge in [-0.2, -0.15) is 0 Å². The maximum Gasteiger partial charge on any atom is 0.306 e. The highest BCUT2D eigenvalue weighted by atomic mass is 35.5. The van der Waals surface area contributed by atoms with Crippen LogP contribution < -0.4 is 0 Å². The molecule has 0 saturated carbocycles. The van der Waals surface area contributed by atoms with E-state index in [4.69, 9.17) is 23.2 Å². The highest BCUT2D eigenvalue weighted by Gasteiger charge is 2.39. The monoisotopic (exact) mass is 544 g/mol. The molecule has 2 aliphatic rings. The number of amides is 2. The molecule has 0 bridgehead atoms. The minimum Gasteiger partial charge on any atom is -0.481 e. The second-order valence-electron chi connectivity index (χ2n) is 11.4. The van der Waals surface area contributed by atoms with Crippen LogP contribution in [0.5, 0.6) is 0 Å². The lowest BCUT2D eigenvalue weighted by atomic mass is 9.78. The first-order chi connectivity index (χ1) is 17.4. The van der Waals surface area contributed by atoms with Gasteiger partial charge in [-0.15, -0.1) is 0 Å². The summed E-state index contributed by atoms with van der Waals surface area (Å²) in [7, 11) is 0. The summed E-state index contributed by atoms with van der Waals surface area (Å²) < 4.78 is 0. The number of fused-ring (bicyclic) bond motifs is 1. The van der Waals surface area contributed by atoms with Crippen LogP contribution >= 0.6 is 23.2 Å². The smallest absolute Gasteiger partial charge is 0.306 e. The summed E-state index contributed by atoms with van der Waals surface area (Å²) in [6, 6.07) is 13.3. The lowest BCUT2D eigenvalue weighted by Crippen LogP contribution is -2.48. The second kappa shape index (κ2) is 11.0. The molecule has 6 nitrogen and oxygen atoms in total. The van der Waals surface area contributed by atoms with E-state index in [1.165, 1.54) is 0 Å². The SMILES string of the molecule is CC(C)(C)CC1C(=O)N(CC(=O)N2CCC(C(=O)O)CC2)CC(c2ccccc2Cl)c2cc(Cl)ccc21. The van der Waals surface area contributed by atoms with E-state index in [-0.39, 0.29) is 29.7 Å². The largest absolute Gasteiger partial charge is 0.481 e. The first kappa shape index (κ1) is 27.5. The lowest BCUT2D eigenvalue weighted by Gasteiger charge is -2.34. The fourth-order valence-electron chi connectivity index (χ4n) is 5.54. The Morgan fingerprint density at radius 3 is 2.30 bits per heavy atom. The molecule has 0 aromatic heterocycles. The number of carboxylic acids is 1. The molecule has 2 atom stereocenters. The maximum absolute atomic E-state index is 14.1. The number of hydrogen-bond donors (Lipinski definition) is 1. The zero-order valence-electron chi connectivity index (χ0n) is 21.5. The molecule has 4 rings (SSSR count). The standard InChI is InChI=1S/C29H34Cl2N2O4/c1-29(2,3)15-23-20-9-8-19(30)14-22(20)24(21-6-4-5-7-25(21)31)16-33(27(23)35)17-26(34)32-12-10-18(11-13-32)28(36)37/h4-9,14,18,23-24H,10-13,15-17H2,1-3H3,(H,36,37). The van der Waals surface area contributed by atoms with Gasteiger partial charge < -0.3 is 14.9 Å². The molecule has 2 aromatic rings. The Kier molecular flexibility index (Phi) is 8.20. The molecule has 0 spiro atoms. The van der Waals surface area contributed by atoms with Gasteiger partial charge in [-0.3, -0.25) is 14.4 Å². The van der Waals surface area contributed by atoms with Gasteiger partial charge >= 0.3 is 5.97 Å². The zero-order chi connectivity index (χ0) is 26.9. The van der Waals surface area contributed by atoms with Gasteiger partial charge in [0.05, 0.1) is 18.4 Å². The van der Waals surface area contributed by atoms with Crippen molar-refractivity contribution in [3.05, 3.63) is 69.2 Å². The highest BCUT2D eigenvalue weighted by molar-refractivity contribution is 6.31. The molecular weight excluding hydrogens is 511 g/mol. The third-order valence-electron chi connectivity index (χ3n) is 7.43. The Labute approximate surface area is 228 Å². The molecule has 2 aliphatic heterocycles. The van der Waals surface area contributed by atoms with Crippen molar-refractivity contribution in [2.24, 2.45) is 11.3 Å². The first-order valence-electron chi connectivity index (χ1n) is 12.8. The van der Waals surface area contributed by atoms with Crippen molar-refractivity contribution in [3.8, 4) is 0 Å². The molecule has 2 unspecified atom stereocenters. The molecular formula is C29H34Cl2N2O4. The van der Waals surface area contributed by atoms with Crippen molar-refractivity contribution >= 4 is 41.0 Å². The van der Waals surface area contributed by atoms with Crippen LogP contribution in [0, 0.1) is 11.3 Å². The highest BCUT2D eigenvalue weighted by Crippen LogP contribution is 2.43. The second-order valence-corrected chi connectivity index (χ2v) is 12.2. The number of carboxylic acid groups (broad SMARTS) is 1. The van der Waals surface area contributed by atoms with Crippen LogP contribution in [0.2, 0.25) is 10.0 Å². The molecule has 2 aromatic carbocycles. The fourth-order valence-corrected chi connectivity index (χ4v) is 5.99. The molecule has 1 fully saturated rings. The number of hydrogen-bond acceptors (Lipinski definition) is 3. The molecule has 37 heavy (non-hydrogen) atoms. The van der Waals surface area contributed by atoms with Crippen LogP contribution in [-0.4, -0.2) is 58.9 Å².